The number of benzene rings is 2. The highest BCUT2D eigenvalue weighted by atomic mass is 32.1. The molecule has 12 nitrogen and oxygen atoms in total. The average Bonchev–Trinajstić information content (AvgIpc) is 3.79. The number of aldehydes is 1. The number of aryl methyl sites for hydroxylation is 1. The first-order valence-electron chi connectivity index (χ1n) is 16.4. The number of carbonyl (C=O) groups is 1. The van der Waals surface area contributed by atoms with Crippen LogP contribution < -0.4 is 21.3 Å². The van der Waals surface area contributed by atoms with Gasteiger partial charge in [-0.2, -0.15) is 5.10 Å². The van der Waals surface area contributed by atoms with Crippen molar-refractivity contribution in [2.45, 2.75) is 38.0 Å². The molecular formula is C37H40F2N8O4S. The van der Waals surface area contributed by atoms with Crippen LogP contribution in [0.15, 0.2) is 97.1 Å². The van der Waals surface area contributed by atoms with Gasteiger partial charge in [0.2, 0.25) is 0 Å². The number of thiophene rings is 1. The van der Waals surface area contributed by atoms with Crippen molar-refractivity contribution in [2.75, 3.05) is 32.4 Å². The Morgan fingerprint density at radius 3 is 2.58 bits per heavy atom. The van der Waals surface area contributed by atoms with Crippen molar-refractivity contribution in [1.82, 2.24) is 34.5 Å². The van der Waals surface area contributed by atoms with Gasteiger partial charge in [0, 0.05) is 30.3 Å². The molecule has 0 radical (unpaired) electrons. The van der Waals surface area contributed by atoms with Crippen molar-refractivity contribution in [1.29, 1.82) is 0 Å². The van der Waals surface area contributed by atoms with Gasteiger partial charge in [-0.3, -0.25) is 19.1 Å². The van der Waals surface area contributed by atoms with Crippen molar-refractivity contribution < 1.29 is 23.4 Å². The first-order valence-corrected chi connectivity index (χ1v) is 17.2. The third kappa shape index (κ3) is 8.74. The number of nitrogens with zero attached hydrogens (tertiary/aromatic N) is 6. The van der Waals surface area contributed by atoms with E-state index in [1.54, 1.807) is 36.4 Å². The van der Waals surface area contributed by atoms with Crippen LogP contribution in [0.2, 0.25) is 0 Å². The number of carbonyl (C=O) groups excluding carboxylic acids is 1. The van der Waals surface area contributed by atoms with Gasteiger partial charge in [0.25, 0.3) is 5.56 Å². The topological polar surface area (TPSA) is 153 Å². The van der Waals surface area contributed by atoms with Gasteiger partial charge < -0.3 is 20.9 Å². The fourth-order valence-electron chi connectivity index (χ4n) is 5.97. The Labute approximate surface area is 303 Å². The number of hydrogen-bond acceptors (Lipinski definition) is 11. The van der Waals surface area contributed by atoms with E-state index in [0.29, 0.717) is 38.5 Å². The van der Waals surface area contributed by atoms with E-state index in [-0.39, 0.29) is 24.5 Å². The molecule has 1 saturated heterocycles. The second kappa shape index (κ2) is 16.8. The highest BCUT2D eigenvalue weighted by molar-refractivity contribution is 7.20. The maximum atomic E-state index is 14.4. The molecule has 1 atom stereocenters. The van der Waals surface area contributed by atoms with Crippen LogP contribution in [0.4, 0.5) is 14.6 Å². The van der Waals surface area contributed by atoms with Crippen LogP contribution in [0.1, 0.15) is 33.6 Å². The van der Waals surface area contributed by atoms with Crippen molar-refractivity contribution in [3.05, 3.63) is 130 Å². The summed E-state index contributed by atoms with van der Waals surface area (Å²) in [6, 6.07) is 10.7. The molecule has 0 amide bonds. The molecule has 4 heterocycles. The summed E-state index contributed by atoms with van der Waals surface area (Å²) in [4.78, 5) is 34.8. The molecule has 5 aromatic rings. The van der Waals surface area contributed by atoms with Crippen LogP contribution in [0.5, 0.6) is 5.75 Å². The molecule has 0 bridgehead atoms. The van der Waals surface area contributed by atoms with Gasteiger partial charge in [0.05, 0.1) is 22.6 Å². The van der Waals surface area contributed by atoms with Gasteiger partial charge in [-0.05, 0) is 75.8 Å². The number of anilines is 1. The Morgan fingerprint density at radius 1 is 1.17 bits per heavy atom. The molecule has 0 saturated carbocycles. The summed E-state index contributed by atoms with van der Waals surface area (Å²) < 4.78 is 36.4. The maximum Gasteiger partial charge on any atom is 0.298 e. The molecule has 0 aliphatic carbocycles. The van der Waals surface area contributed by atoms with Gasteiger partial charge in [-0.1, -0.05) is 31.4 Å². The van der Waals surface area contributed by atoms with E-state index in [0.717, 1.165) is 49.9 Å². The lowest BCUT2D eigenvalue weighted by Crippen LogP contribution is -2.49. The van der Waals surface area contributed by atoms with Gasteiger partial charge in [-0.15, -0.1) is 11.3 Å². The van der Waals surface area contributed by atoms with Crippen molar-refractivity contribution in [2.24, 2.45) is 0 Å². The van der Waals surface area contributed by atoms with Crippen molar-refractivity contribution in [3.63, 3.8) is 0 Å². The van der Waals surface area contributed by atoms with Gasteiger partial charge in [0.15, 0.2) is 12.1 Å². The van der Waals surface area contributed by atoms with Crippen LogP contribution in [-0.2, 0) is 12.1 Å². The molecule has 3 aromatic heterocycles. The number of piperidine rings is 1. The summed E-state index contributed by atoms with van der Waals surface area (Å²) in [5.41, 5.74) is 5.82. The van der Waals surface area contributed by atoms with E-state index in [4.69, 9.17) is 10.5 Å². The number of allylic oxidation sites excluding steroid dienone is 3. The zero-order valence-corrected chi connectivity index (χ0v) is 29.7. The zero-order chi connectivity index (χ0) is 37.4. The SMILES string of the molecule is C=C/C=C(\C=C)Oc1cc(-n2c(=O)c(N)nc3sc(C=O)cc32)ccc1C.CNC1CCN(CC(O)(Cn2cncn2)c2ccc(F)cc2F)CC1. The largest absolute Gasteiger partial charge is 0.457 e. The van der Waals surface area contributed by atoms with E-state index in [9.17, 15) is 23.5 Å². The molecule has 0 spiro atoms. The summed E-state index contributed by atoms with van der Waals surface area (Å²) in [7, 11) is 1.94. The van der Waals surface area contributed by atoms with E-state index in [1.807, 2.05) is 20.0 Å². The Morgan fingerprint density at radius 2 is 1.94 bits per heavy atom. The number of fused-ring (bicyclic) bond motifs is 1. The summed E-state index contributed by atoms with van der Waals surface area (Å²) in [5, 5.41) is 18.6. The predicted octanol–water partition coefficient (Wildman–Crippen LogP) is 4.91. The Kier molecular flexibility index (Phi) is 12.2. The van der Waals surface area contributed by atoms with Crippen molar-refractivity contribution in [3.8, 4) is 11.4 Å². The van der Waals surface area contributed by atoms with Crippen LogP contribution in [0.25, 0.3) is 16.0 Å². The molecule has 6 rings (SSSR count). The number of likely N-dealkylation sites (tertiary alicyclic amines) is 1. The second-order valence-corrected chi connectivity index (χ2v) is 13.3. The molecule has 1 aliphatic heterocycles. The normalized spacial score (nSPS) is 15.1. The molecular weight excluding hydrogens is 691 g/mol. The minimum absolute atomic E-state index is 0.0432. The fraction of sp³-hybridized carbons (Fsp3) is 0.270. The minimum atomic E-state index is -1.53. The maximum absolute atomic E-state index is 14.4. The van der Waals surface area contributed by atoms with E-state index < -0.39 is 22.8 Å². The van der Waals surface area contributed by atoms with Gasteiger partial charge in [0.1, 0.15) is 46.2 Å². The smallest absolute Gasteiger partial charge is 0.298 e. The number of nitrogens with two attached hydrogens (primary N) is 1. The third-order valence-electron chi connectivity index (χ3n) is 8.66. The molecule has 52 heavy (non-hydrogen) atoms. The Balaban J connectivity index is 0.000000202. The van der Waals surface area contributed by atoms with Gasteiger partial charge in [-0.25, -0.2) is 23.4 Å². The number of nitrogens with one attached hydrogen (secondary N) is 1. The van der Waals surface area contributed by atoms with E-state index in [1.165, 1.54) is 39.3 Å². The summed E-state index contributed by atoms with van der Waals surface area (Å²) in [5.74, 6) is -0.479. The number of aliphatic hydroxyl groups is 1. The number of β-amino-alcohol motifs (C(OH)–C–C–N with tert-alkyl or cyclic N) is 1. The summed E-state index contributed by atoms with van der Waals surface area (Å²) in [6.07, 6.45) is 10.3. The average molecular weight is 731 g/mol. The Bertz CT molecular complexity index is 2140. The highest BCUT2D eigenvalue weighted by Gasteiger charge is 2.36. The number of halogens is 2. The molecule has 2 aromatic carbocycles. The molecule has 272 valence electrons. The molecule has 1 fully saturated rings. The lowest BCUT2D eigenvalue weighted by Gasteiger charge is -2.38. The molecule has 15 heteroatoms. The third-order valence-corrected chi connectivity index (χ3v) is 9.60. The second-order valence-electron chi connectivity index (χ2n) is 12.2. The number of ether oxygens (including phenoxy) is 1. The lowest BCUT2D eigenvalue weighted by atomic mass is 9.91. The van der Waals surface area contributed by atoms with Crippen LogP contribution in [0.3, 0.4) is 0 Å². The van der Waals surface area contributed by atoms with Crippen LogP contribution in [-0.4, -0.2) is 73.3 Å². The van der Waals surface area contributed by atoms with Crippen LogP contribution >= 0.6 is 11.3 Å². The number of nitrogen functional groups attached to an aromatic ring is 1. The number of hydrogen-bond donors (Lipinski definition) is 3. The Hall–Kier alpha value is -5.35. The van der Waals surface area contributed by atoms with Crippen molar-refractivity contribution >= 4 is 33.8 Å². The molecule has 1 aliphatic rings. The van der Waals surface area contributed by atoms with Gasteiger partial charge >= 0.3 is 0 Å². The van der Waals surface area contributed by atoms with E-state index >= 15 is 0 Å². The van der Waals surface area contributed by atoms with E-state index in [2.05, 4.69) is 38.4 Å². The molecule has 4 N–H and O–H groups in total. The zero-order valence-electron chi connectivity index (χ0n) is 28.8. The summed E-state index contributed by atoms with van der Waals surface area (Å²) in [6.45, 7) is 11.1. The monoisotopic (exact) mass is 730 g/mol. The minimum Gasteiger partial charge on any atom is -0.457 e. The summed E-state index contributed by atoms with van der Waals surface area (Å²) >= 11 is 1.17. The first kappa shape index (κ1) is 37.9. The lowest BCUT2D eigenvalue weighted by molar-refractivity contribution is -0.0270. The number of aromatic nitrogens is 5. The highest BCUT2D eigenvalue weighted by Crippen LogP contribution is 2.30. The molecule has 1 unspecified atom stereocenters. The van der Waals surface area contributed by atoms with Crippen LogP contribution in [0, 0.1) is 18.6 Å². The first-order chi connectivity index (χ1) is 25.0. The number of rotatable bonds is 12. The fourth-order valence-corrected chi connectivity index (χ4v) is 6.81. The standard InChI is InChI=1S/C20H17N3O3S.C17H23F2N5O/c1-4-6-14(5-2)26-17-9-13(8-7-12(17)3)23-16-10-15(11-24)27-19(16)22-18(21)20(23)25;1-20-14-4-6-23(7-5-14)9-17(25,10-24-12-21-11-22-24)15-3-2-13(18)8-16(15)19/h4-11H,1-2H2,3H3,(H2,21,22);2-3,8,11-12,14,20,25H,4-7,9-10H2,1H3/b14-6+;. The predicted molar refractivity (Wildman–Crippen MR) is 198 cm³/mol. The quantitative estimate of drug-likeness (QED) is 0.0917.